The highest BCUT2D eigenvalue weighted by Crippen LogP contribution is 2.23. The molecule has 16 heavy (non-hydrogen) atoms. The fourth-order valence-electron chi connectivity index (χ4n) is 1.33. The molecule has 0 radical (unpaired) electrons. The van der Waals surface area contributed by atoms with E-state index in [4.69, 9.17) is 19.9 Å². The molecule has 0 aromatic heterocycles. The molecule has 0 unspecified atom stereocenters. The summed E-state index contributed by atoms with van der Waals surface area (Å²) in [5.41, 5.74) is 0. The van der Waals surface area contributed by atoms with Crippen molar-refractivity contribution in [3.63, 3.8) is 0 Å². The summed E-state index contributed by atoms with van der Waals surface area (Å²) >= 11 is 0. The lowest BCUT2D eigenvalue weighted by molar-refractivity contribution is -0.282. The zero-order valence-electron chi connectivity index (χ0n) is 7.87. The highest BCUT2D eigenvalue weighted by Gasteiger charge is 2.46. The van der Waals surface area contributed by atoms with E-state index in [1.54, 1.807) is 0 Å². The number of ether oxygens (including phenoxy) is 1. The third kappa shape index (κ3) is 3.09. The van der Waals surface area contributed by atoms with E-state index in [1.165, 1.54) is 0 Å². The van der Waals surface area contributed by atoms with Gasteiger partial charge in [-0.2, -0.15) is 8.42 Å². The standard InChI is InChI=1S/C6H12O9S/c7-1-2-5(15-16(11,12)13)3(8)4(9)6(10)14-2/h2-10H,1H2,(H,11,12,13)/t2-,3-,4-,5+,6+/m1/s1. The fraction of sp³-hybridized carbons (Fsp3) is 1.00. The predicted octanol–water partition coefficient (Wildman–Crippen LogP) is -3.39. The molecule has 1 aliphatic rings. The lowest BCUT2D eigenvalue weighted by Crippen LogP contribution is -2.59. The summed E-state index contributed by atoms with van der Waals surface area (Å²) in [5.74, 6) is 0. The second-order valence-corrected chi connectivity index (χ2v) is 4.27. The smallest absolute Gasteiger partial charge is 0.394 e. The van der Waals surface area contributed by atoms with Crippen molar-refractivity contribution in [3.8, 4) is 0 Å². The maximum Gasteiger partial charge on any atom is 0.397 e. The van der Waals surface area contributed by atoms with Gasteiger partial charge in [-0.25, -0.2) is 4.18 Å². The van der Waals surface area contributed by atoms with Gasteiger partial charge in [-0.15, -0.1) is 0 Å². The van der Waals surface area contributed by atoms with E-state index in [-0.39, 0.29) is 0 Å². The minimum Gasteiger partial charge on any atom is -0.394 e. The monoisotopic (exact) mass is 260 g/mol. The zero-order valence-corrected chi connectivity index (χ0v) is 8.69. The molecular weight excluding hydrogens is 248 g/mol. The molecule has 1 saturated heterocycles. The Bertz CT molecular complexity index is 325. The molecule has 0 aliphatic carbocycles. The minimum atomic E-state index is -4.88. The van der Waals surface area contributed by atoms with Gasteiger partial charge < -0.3 is 25.2 Å². The quantitative estimate of drug-likeness (QED) is 0.327. The molecular formula is C6H12O9S. The first-order chi connectivity index (χ1) is 7.26. The van der Waals surface area contributed by atoms with Crippen molar-refractivity contribution < 1.29 is 42.3 Å². The summed E-state index contributed by atoms with van der Waals surface area (Å²) in [6.45, 7) is -0.777. The molecule has 9 nitrogen and oxygen atoms in total. The van der Waals surface area contributed by atoms with Crippen molar-refractivity contribution in [2.45, 2.75) is 30.7 Å². The molecule has 0 spiro atoms. The molecule has 1 heterocycles. The Kier molecular flexibility index (Phi) is 4.20. The first kappa shape index (κ1) is 13.7. The van der Waals surface area contributed by atoms with Crippen LogP contribution in [0.4, 0.5) is 0 Å². The van der Waals surface area contributed by atoms with Crippen LogP contribution in [0.5, 0.6) is 0 Å². The lowest BCUT2D eigenvalue weighted by atomic mass is 9.99. The number of hydrogen-bond donors (Lipinski definition) is 5. The molecule has 1 fully saturated rings. The van der Waals surface area contributed by atoms with Gasteiger partial charge in [0.1, 0.15) is 24.4 Å². The molecule has 0 saturated carbocycles. The number of rotatable bonds is 3. The Labute approximate surface area is 90.8 Å². The Balaban J connectivity index is 2.85. The molecule has 0 aromatic carbocycles. The molecule has 0 amide bonds. The second kappa shape index (κ2) is 4.89. The number of aliphatic hydroxyl groups excluding tert-OH is 4. The van der Waals surface area contributed by atoms with Crippen LogP contribution in [0.25, 0.3) is 0 Å². The van der Waals surface area contributed by atoms with Gasteiger partial charge in [0.05, 0.1) is 6.61 Å². The van der Waals surface area contributed by atoms with Crippen molar-refractivity contribution in [1.82, 2.24) is 0 Å². The summed E-state index contributed by atoms with van der Waals surface area (Å²) < 4.78 is 37.9. The fourth-order valence-corrected chi connectivity index (χ4v) is 1.84. The van der Waals surface area contributed by atoms with Crippen molar-refractivity contribution in [2.75, 3.05) is 6.61 Å². The van der Waals surface area contributed by atoms with Gasteiger partial charge >= 0.3 is 10.4 Å². The first-order valence-corrected chi connectivity index (χ1v) is 5.59. The molecule has 96 valence electrons. The van der Waals surface area contributed by atoms with Gasteiger partial charge in [-0.1, -0.05) is 0 Å². The highest BCUT2D eigenvalue weighted by molar-refractivity contribution is 7.80. The zero-order chi connectivity index (χ0) is 12.5. The molecule has 1 rings (SSSR count). The van der Waals surface area contributed by atoms with Crippen LogP contribution < -0.4 is 0 Å². The molecule has 5 N–H and O–H groups in total. The van der Waals surface area contributed by atoms with E-state index in [9.17, 15) is 13.5 Å². The average molecular weight is 260 g/mol. The van der Waals surface area contributed by atoms with Crippen molar-refractivity contribution in [3.05, 3.63) is 0 Å². The maximum atomic E-state index is 10.4. The molecule has 0 aromatic rings. The van der Waals surface area contributed by atoms with Crippen LogP contribution in [0.15, 0.2) is 0 Å². The van der Waals surface area contributed by atoms with Crippen LogP contribution in [0.1, 0.15) is 0 Å². The normalized spacial score (nSPS) is 40.9. The number of hydrogen-bond acceptors (Lipinski definition) is 8. The van der Waals surface area contributed by atoms with Gasteiger partial charge in [-0.05, 0) is 0 Å². The summed E-state index contributed by atoms with van der Waals surface area (Å²) in [6.07, 6.45) is -8.53. The second-order valence-electron chi connectivity index (χ2n) is 3.22. The Hall–Kier alpha value is -0.330. The summed E-state index contributed by atoms with van der Waals surface area (Å²) in [7, 11) is -4.88. The van der Waals surface area contributed by atoms with Gasteiger partial charge in [0.15, 0.2) is 6.29 Å². The van der Waals surface area contributed by atoms with Gasteiger partial charge in [0, 0.05) is 0 Å². The Morgan fingerprint density at radius 3 is 2.19 bits per heavy atom. The summed E-state index contributed by atoms with van der Waals surface area (Å²) in [4.78, 5) is 0. The maximum absolute atomic E-state index is 10.4. The van der Waals surface area contributed by atoms with Crippen molar-refractivity contribution in [1.29, 1.82) is 0 Å². The van der Waals surface area contributed by atoms with E-state index >= 15 is 0 Å². The van der Waals surface area contributed by atoms with Crippen LogP contribution in [0.3, 0.4) is 0 Å². The van der Waals surface area contributed by atoms with E-state index in [1.807, 2.05) is 0 Å². The van der Waals surface area contributed by atoms with Gasteiger partial charge in [0.2, 0.25) is 0 Å². The lowest BCUT2D eigenvalue weighted by Gasteiger charge is -2.38. The minimum absolute atomic E-state index is 0.777. The molecule has 10 heteroatoms. The van der Waals surface area contributed by atoms with Crippen LogP contribution in [-0.4, -0.2) is 70.7 Å². The average Bonchev–Trinajstić information content (AvgIpc) is 2.17. The van der Waals surface area contributed by atoms with Crippen molar-refractivity contribution in [2.24, 2.45) is 0 Å². The van der Waals surface area contributed by atoms with E-state index in [0.29, 0.717) is 0 Å². The Morgan fingerprint density at radius 1 is 1.19 bits per heavy atom. The molecule has 5 atom stereocenters. The molecule has 0 bridgehead atoms. The SMILES string of the molecule is O=S(=O)(O)O[C@@H]1[C@H](O)[C@@H](O)[C@@H](O)O[C@@H]1CO. The van der Waals surface area contributed by atoms with Crippen LogP contribution >= 0.6 is 0 Å². The topological polar surface area (TPSA) is 154 Å². The molecule has 1 aliphatic heterocycles. The van der Waals surface area contributed by atoms with E-state index < -0.39 is 47.7 Å². The predicted molar refractivity (Wildman–Crippen MR) is 46.4 cm³/mol. The third-order valence-corrected chi connectivity index (χ3v) is 2.54. The third-order valence-electron chi connectivity index (χ3n) is 2.07. The highest BCUT2D eigenvalue weighted by atomic mass is 32.3. The van der Waals surface area contributed by atoms with Gasteiger partial charge in [0.25, 0.3) is 0 Å². The first-order valence-electron chi connectivity index (χ1n) is 4.22. The van der Waals surface area contributed by atoms with E-state index in [2.05, 4.69) is 8.92 Å². The van der Waals surface area contributed by atoms with Gasteiger partial charge in [-0.3, -0.25) is 4.55 Å². The number of aliphatic hydroxyl groups is 4. The van der Waals surface area contributed by atoms with E-state index in [0.717, 1.165) is 0 Å². The Morgan fingerprint density at radius 2 is 1.75 bits per heavy atom. The van der Waals surface area contributed by atoms with Crippen molar-refractivity contribution >= 4 is 10.4 Å². The van der Waals surface area contributed by atoms with Crippen LogP contribution in [-0.2, 0) is 19.3 Å². The van der Waals surface area contributed by atoms with Crippen LogP contribution in [0, 0.1) is 0 Å². The summed E-state index contributed by atoms with van der Waals surface area (Å²) in [5, 5.41) is 36.4. The summed E-state index contributed by atoms with van der Waals surface area (Å²) in [6, 6.07) is 0. The largest absolute Gasteiger partial charge is 0.397 e. The van der Waals surface area contributed by atoms with Crippen LogP contribution in [0.2, 0.25) is 0 Å².